The predicted molar refractivity (Wildman–Crippen MR) is 147 cm³/mol. The van der Waals surface area contributed by atoms with E-state index < -0.39 is 23.4 Å². The number of thiazole rings is 1. The number of amides is 1. The molecule has 0 radical (unpaired) electrons. The number of halogens is 4. The number of carbonyl (C=O) groups is 1. The van der Waals surface area contributed by atoms with Gasteiger partial charge in [-0.1, -0.05) is 46.3 Å². The first-order valence-electron chi connectivity index (χ1n) is 12.3. The Bertz CT molecular complexity index is 1320. The smallest absolute Gasteiger partial charge is 0.417 e. The average Bonchev–Trinajstić information content (AvgIpc) is 3.26. The van der Waals surface area contributed by atoms with E-state index in [1.165, 1.54) is 23.5 Å². The molecule has 1 amide bonds. The number of alkyl halides is 4. The maximum Gasteiger partial charge on any atom is 0.417 e. The zero-order valence-corrected chi connectivity index (χ0v) is 24.1. The molecule has 1 aliphatic heterocycles. The Morgan fingerprint density at radius 3 is 2.47 bits per heavy atom. The number of rotatable bonds is 6. The van der Waals surface area contributed by atoms with Crippen molar-refractivity contribution in [1.82, 2.24) is 9.88 Å². The summed E-state index contributed by atoms with van der Waals surface area (Å²) in [4.78, 5) is 19.5. The molecule has 0 atom stereocenters. The third-order valence-corrected chi connectivity index (χ3v) is 7.75. The van der Waals surface area contributed by atoms with E-state index in [1.807, 2.05) is 0 Å². The second-order valence-electron chi connectivity index (χ2n) is 10.1. The summed E-state index contributed by atoms with van der Waals surface area (Å²) in [6.07, 6.45) is -3.81. The summed E-state index contributed by atoms with van der Waals surface area (Å²) < 4.78 is 55.2. The van der Waals surface area contributed by atoms with Crippen LogP contribution in [0.25, 0.3) is 21.7 Å². The minimum Gasteiger partial charge on any atom is -0.493 e. The van der Waals surface area contributed by atoms with Crippen LogP contribution in [0.3, 0.4) is 0 Å². The topological polar surface area (TPSA) is 51.7 Å². The lowest BCUT2D eigenvalue weighted by molar-refractivity contribution is -0.136. The molecular weight excluding hydrogens is 581 g/mol. The van der Waals surface area contributed by atoms with E-state index in [0.29, 0.717) is 36.4 Å². The van der Waals surface area contributed by atoms with E-state index in [2.05, 4.69) is 20.9 Å². The first-order valence-corrected chi connectivity index (χ1v) is 14.3. The van der Waals surface area contributed by atoms with E-state index in [0.717, 1.165) is 22.3 Å². The van der Waals surface area contributed by atoms with Crippen molar-refractivity contribution in [2.75, 3.05) is 18.5 Å². The van der Waals surface area contributed by atoms with Crippen LogP contribution < -0.4 is 4.74 Å². The molecule has 38 heavy (non-hydrogen) atoms. The van der Waals surface area contributed by atoms with Gasteiger partial charge in [-0.2, -0.15) is 13.2 Å². The van der Waals surface area contributed by atoms with Crippen molar-refractivity contribution in [1.29, 1.82) is 0 Å². The standard InChI is InChI=1S/C28H30BrF3N2O3S/c1-17-18(8-6-11-22(17)36-15-7-13-29)19-9-5-10-20(24(19)28(30,31)32)25-33-21-12-14-34(16-23(21)38-25)26(35)37-27(2,3)4/h5-6,8-11H,7,12-16H2,1-4H3. The Balaban J connectivity index is 1.73. The molecule has 0 bridgehead atoms. The van der Waals surface area contributed by atoms with Crippen LogP contribution in [0.4, 0.5) is 18.0 Å². The number of benzene rings is 2. The first-order chi connectivity index (χ1) is 17.9. The molecule has 2 heterocycles. The summed E-state index contributed by atoms with van der Waals surface area (Å²) in [5, 5.41) is 1.07. The molecule has 10 heteroatoms. The molecule has 204 valence electrons. The van der Waals surface area contributed by atoms with Gasteiger partial charge in [0.2, 0.25) is 0 Å². The number of hydrogen-bond acceptors (Lipinski definition) is 5. The number of nitrogens with zero attached hydrogens (tertiary/aromatic N) is 2. The molecule has 0 N–H and O–H groups in total. The largest absolute Gasteiger partial charge is 0.493 e. The average molecular weight is 612 g/mol. The highest BCUT2D eigenvalue weighted by Crippen LogP contribution is 2.46. The fraction of sp³-hybridized carbons (Fsp3) is 0.429. The highest BCUT2D eigenvalue weighted by atomic mass is 79.9. The number of ether oxygens (including phenoxy) is 2. The van der Waals surface area contributed by atoms with Crippen molar-refractivity contribution >= 4 is 33.4 Å². The van der Waals surface area contributed by atoms with Gasteiger partial charge in [0.25, 0.3) is 0 Å². The molecule has 0 saturated heterocycles. The van der Waals surface area contributed by atoms with Gasteiger partial charge in [-0.25, -0.2) is 9.78 Å². The molecule has 3 aromatic rings. The molecule has 2 aromatic carbocycles. The Hall–Kier alpha value is -2.59. The van der Waals surface area contributed by atoms with Crippen LogP contribution in [-0.4, -0.2) is 40.1 Å². The second kappa shape index (κ2) is 11.3. The van der Waals surface area contributed by atoms with E-state index in [4.69, 9.17) is 9.47 Å². The van der Waals surface area contributed by atoms with Gasteiger partial charge >= 0.3 is 12.3 Å². The number of aromatic nitrogens is 1. The maximum absolute atomic E-state index is 14.6. The van der Waals surface area contributed by atoms with Crippen molar-refractivity contribution < 1.29 is 27.4 Å². The van der Waals surface area contributed by atoms with Crippen LogP contribution in [0.5, 0.6) is 5.75 Å². The lowest BCUT2D eigenvalue weighted by atomic mass is 9.92. The lowest BCUT2D eigenvalue weighted by Crippen LogP contribution is -2.39. The Labute approximate surface area is 233 Å². The number of fused-ring (bicyclic) bond motifs is 1. The van der Waals surface area contributed by atoms with E-state index in [1.54, 1.807) is 56.9 Å². The Kier molecular flexibility index (Phi) is 8.42. The van der Waals surface area contributed by atoms with Gasteiger partial charge in [-0.15, -0.1) is 11.3 Å². The molecule has 0 saturated carbocycles. The van der Waals surface area contributed by atoms with Crippen LogP contribution in [0.2, 0.25) is 0 Å². The summed E-state index contributed by atoms with van der Waals surface area (Å²) in [5.41, 5.74) is 0.596. The molecule has 0 unspecified atom stereocenters. The van der Waals surface area contributed by atoms with Gasteiger partial charge in [0.1, 0.15) is 16.4 Å². The molecular formula is C28H30BrF3N2O3S. The molecule has 1 aromatic heterocycles. The maximum atomic E-state index is 14.6. The summed E-state index contributed by atoms with van der Waals surface area (Å²) in [7, 11) is 0. The van der Waals surface area contributed by atoms with Gasteiger partial charge in [0.05, 0.1) is 24.4 Å². The second-order valence-corrected chi connectivity index (χ2v) is 12.0. The van der Waals surface area contributed by atoms with Crippen molar-refractivity contribution in [2.24, 2.45) is 0 Å². The summed E-state index contributed by atoms with van der Waals surface area (Å²) in [6.45, 7) is 8.29. The first kappa shape index (κ1) is 28.4. The van der Waals surface area contributed by atoms with Gasteiger partial charge in [0.15, 0.2) is 0 Å². The number of carbonyl (C=O) groups excluding carboxylic acids is 1. The van der Waals surface area contributed by atoms with Gasteiger partial charge in [-0.3, -0.25) is 0 Å². The minimum atomic E-state index is -4.61. The SMILES string of the molecule is Cc1c(OCCCBr)cccc1-c1cccc(-c2nc3c(s2)CN(C(=O)OC(C)(C)C)CC3)c1C(F)(F)F. The van der Waals surface area contributed by atoms with Gasteiger partial charge < -0.3 is 14.4 Å². The van der Waals surface area contributed by atoms with E-state index in [-0.39, 0.29) is 22.7 Å². The van der Waals surface area contributed by atoms with Crippen LogP contribution in [0, 0.1) is 6.92 Å². The Morgan fingerprint density at radius 2 is 1.79 bits per heavy atom. The highest BCUT2D eigenvalue weighted by molar-refractivity contribution is 9.09. The van der Waals surface area contributed by atoms with Crippen molar-refractivity contribution in [3.63, 3.8) is 0 Å². The number of hydrogen-bond donors (Lipinski definition) is 0. The third-order valence-electron chi connectivity index (χ3n) is 6.07. The molecule has 5 nitrogen and oxygen atoms in total. The summed E-state index contributed by atoms with van der Waals surface area (Å²) in [6, 6.07) is 9.77. The predicted octanol–water partition coefficient (Wildman–Crippen LogP) is 8.26. The van der Waals surface area contributed by atoms with Crippen molar-refractivity contribution in [3.8, 4) is 27.4 Å². The monoisotopic (exact) mass is 610 g/mol. The zero-order valence-electron chi connectivity index (χ0n) is 21.7. The van der Waals surface area contributed by atoms with Crippen molar-refractivity contribution in [3.05, 3.63) is 58.1 Å². The highest BCUT2D eigenvalue weighted by Gasteiger charge is 2.38. The van der Waals surface area contributed by atoms with Gasteiger partial charge in [-0.05, 0) is 56.9 Å². The normalized spacial score (nSPS) is 13.8. The molecule has 1 aliphatic rings. The third kappa shape index (κ3) is 6.34. The van der Waals surface area contributed by atoms with Crippen molar-refractivity contribution in [2.45, 2.75) is 58.9 Å². The lowest BCUT2D eigenvalue weighted by Gasteiger charge is -2.29. The molecule has 0 fully saturated rings. The fourth-order valence-electron chi connectivity index (χ4n) is 4.35. The van der Waals surface area contributed by atoms with Crippen LogP contribution in [-0.2, 0) is 23.9 Å². The molecule has 0 spiro atoms. The van der Waals surface area contributed by atoms with Crippen LogP contribution in [0.15, 0.2) is 36.4 Å². The van der Waals surface area contributed by atoms with Crippen LogP contribution in [0.1, 0.15) is 48.9 Å². The summed E-state index contributed by atoms with van der Waals surface area (Å²) in [5.74, 6) is 0.564. The molecule has 0 aliphatic carbocycles. The quantitative estimate of drug-likeness (QED) is 0.208. The zero-order chi connectivity index (χ0) is 27.7. The summed E-state index contributed by atoms with van der Waals surface area (Å²) >= 11 is 4.55. The van der Waals surface area contributed by atoms with E-state index >= 15 is 0 Å². The van der Waals surface area contributed by atoms with Gasteiger partial charge in [0, 0.05) is 28.7 Å². The Morgan fingerprint density at radius 1 is 1.11 bits per heavy atom. The minimum absolute atomic E-state index is 0.0308. The van der Waals surface area contributed by atoms with Crippen LogP contribution >= 0.6 is 27.3 Å². The molecule has 4 rings (SSSR count). The van der Waals surface area contributed by atoms with E-state index in [9.17, 15) is 18.0 Å². The fourth-order valence-corrected chi connectivity index (χ4v) is 5.74.